The maximum absolute atomic E-state index is 12.4. The summed E-state index contributed by atoms with van der Waals surface area (Å²) in [5.74, 6) is 2.09. The zero-order valence-electron chi connectivity index (χ0n) is 12.6. The molecule has 4 nitrogen and oxygen atoms in total. The van der Waals surface area contributed by atoms with Gasteiger partial charge in [0.25, 0.3) is 0 Å². The Bertz CT molecular complexity index is 534. The molecule has 0 aliphatic carbocycles. The quantitative estimate of drug-likeness (QED) is 0.795. The van der Waals surface area contributed by atoms with Crippen molar-refractivity contribution in [1.29, 1.82) is 0 Å². The van der Waals surface area contributed by atoms with Crippen LogP contribution in [0.25, 0.3) is 0 Å². The second-order valence-electron chi connectivity index (χ2n) is 5.59. The van der Waals surface area contributed by atoms with Crippen molar-refractivity contribution in [2.24, 2.45) is 0 Å². The molecular weight excluding hydrogens is 324 g/mol. The molecule has 1 fully saturated rings. The van der Waals surface area contributed by atoms with Gasteiger partial charge in [-0.25, -0.2) is 13.1 Å². The Labute approximate surface area is 136 Å². The molecule has 2 rings (SSSR count). The third kappa shape index (κ3) is 5.56. The van der Waals surface area contributed by atoms with Crippen LogP contribution in [0.3, 0.4) is 0 Å². The molecule has 0 saturated carbocycles. The second-order valence-corrected chi connectivity index (χ2v) is 9.92. The molecule has 0 radical (unpaired) electrons. The van der Waals surface area contributed by atoms with Crippen molar-refractivity contribution >= 4 is 33.1 Å². The monoisotopic (exact) mass is 348 g/mol. The Morgan fingerprint density at radius 1 is 1.29 bits per heavy atom. The van der Waals surface area contributed by atoms with E-state index in [0.29, 0.717) is 10.3 Å². The molecule has 21 heavy (non-hydrogen) atoms. The Morgan fingerprint density at radius 2 is 2.00 bits per heavy atom. The number of rotatable bonds is 7. The lowest BCUT2D eigenvalue weighted by atomic mass is 10.2. The summed E-state index contributed by atoms with van der Waals surface area (Å²) in [6.07, 6.45) is 2.74. The van der Waals surface area contributed by atoms with E-state index in [0.717, 1.165) is 42.2 Å². The fourth-order valence-electron chi connectivity index (χ4n) is 2.21. The van der Waals surface area contributed by atoms with Crippen LogP contribution in [0.1, 0.15) is 31.6 Å². The lowest BCUT2D eigenvalue weighted by Crippen LogP contribution is -2.36. The van der Waals surface area contributed by atoms with Crippen LogP contribution in [0.4, 0.5) is 0 Å². The van der Waals surface area contributed by atoms with Crippen LogP contribution >= 0.6 is 23.1 Å². The summed E-state index contributed by atoms with van der Waals surface area (Å²) in [6.45, 7) is 5.10. The molecule has 1 aromatic rings. The summed E-state index contributed by atoms with van der Waals surface area (Å²) in [6, 6.07) is 4.22. The molecule has 1 saturated heterocycles. The predicted octanol–water partition coefficient (Wildman–Crippen LogP) is 2.46. The smallest absolute Gasteiger partial charge is 0.250 e. The Morgan fingerprint density at radius 3 is 2.67 bits per heavy atom. The van der Waals surface area contributed by atoms with E-state index < -0.39 is 10.0 Å². The summed E-state index contributed by atoms with van der Waals surface area (Å²) in [5, 5.41) is 3.35. The molecule has 0 bridgehead atoms. The van der Waals surface area contributed by atoms with Crippen molar-refractivity contribution in [2.45, 2.75) is 49.4 Å². The van der Waals surface area contributed by atoms with Gasteiger partial charge in [-0.1, -0.05) is 13.8 Å². The average molecular weight is 349 g/mol. The van der Waals surface area contributed by atoms with Crippen molar-refractivity contribution in [3.05, 3.63) is 17.0 Å². The molecule has 0 atom stereocenters. The molecule has 1 aliphatic heterocycles. The van der Waals surface area contributed by atoms with Gasteiger partial charge in [-0.05, 0) is 42.9 Å². The fraction of sp³-hybridized carbons (Fsp3) is 0.714. The minimum absolute atomic E-state index is 0.101. The summed E-state index contributed by atoms with van der Waals surface area (Å²) in [7, 11) is -3.34. The van der Waals surface area contributed by atoms with Gasteiger partial charge in [-0.3, -0.25) is 0 Å². The number of thiophene rings is 1. The molecule has 2 N–H and O–H groups in total. The first-order valence-electron chi connectivity index (χ1n) is 7.39. The Kier molecular flexibility index (Phi) is 6.55. The van der Waals surface area contributed by atoms with Gasteiger partial charge >= 0.3 is 0 Å². The largest absolute Gasteiger partial charge is 0.314 e. The van der Waals surface area contributed by atoms with Crippen molar-refractivity contribution in [3.8, 4) is 0 Å². The first-order chi connectivity index (χ1) is 9.97. The Balaban J connectivity index is 1.92. The normalized spacial score (nSPS) is 17.5. The van der Waals surface area contributed by atoms with E-state index in [9.17, 15) is 8.42 Å². The van der Waals surface area contributed by atoms with E-state index in [-0.39, 0.29) is 6.04 Å². The molecule has 0 spiro atoms. The Hall–Kier alpha value is -0.0800. The fourth-order valence-corrected chi connectivity index (χ4v) is 6.00. The zero-order chi connectivity index (χ0) is 15.3. The second kappa shape index (κ2) is 7.97. The zero-order valence-corrected chi connectivity index (χ0v) is 15.0. The van der Waals surface area contributed by atoms with Crippen LogP contribution < -0.4 is 10.0 Å². The molecule has 2 heterocycles. The number of hydrogen-bond donors (Lipinski definition) is 2. The highest BCUT2D eigenvalue weighted by molar-refractivity contribution is 7.99. The summed E-state index contributed by atoms with van der Waals surface area (Å²) in [5.41, 5.74) is 0. The SMILES string of the molecule is CC(C)NCCc1ccc(S(=O)(=O)NC2CCSCC2)s1. The highest BCUT2D eigenvalue weighted by atomic mass is 32.2. The summed E-state index contributed by atoms with van der Waals surface area (Å²) < 4.78 is 28.0. The third-order valence-electron chi connectivity index (χ3n) is 3.37. The summed E-state index contributed by atoms with van der Waals surface area (Å²) >= 11 is 3.28. The van der Waals surface area contributed by atoms with E-state index >= 15 is 0 Å². The van der Waals surface area contributed by atoms with Crippen molar-refractivity contribution in [1.82, 2.24) is 10.0 Å². The van der Waals surface area contributed by atoms with Gasteiger partial charge in [0.15, 0.2) is 0 Å². The lowest BCUT2D eigenvalue weighted by Gasteiger charge is -2.21. The van der Waals surface area contributed by atoms with E-state index in [1.165, 1.54) is 11.3 Å². The van der Waals surface area contributed by atoms with Crippen LogP contribution in [0.15, 0.2) is 16.3 Å². The van der Waals surface area contributed by atoms with E-state index in [1.807, 2.05) is 17.8 Å². The molecule has 0 aromatic carbocycles. The van der Waals surface area contributed by atoms with Gasteiger partial charge in [0.2, 0.25) is 10.0 Å². The highest BCUT2D eigenvalue weighted by Gasteiger charge is 2.23. The van der Waals surface area contributed by atoms with E-state index in [2.05, 4.69) is 23.9 Å². The molecule has 120 valence electrons. The van der Waals surface area contributed by atoms with Crippen molar-refractivity contribution < 1.29 is 8.42 Å². The van der Waals surface area contributed by atoms with Crippen LogP contribution in [-0.2, 0) is 16.4 Å². The number of sulfonamides is 1. The molecule has 0 unspecified atom stereocenters. The number of nitrogens with one attached hydrogen (secondary N) is 2. The topological polar surface area (TPSA) is 58.2 Å². The van der Waals surface area contributed by atoms with Gasteiger partial charge in [0.05, 0.1) is 0 Å². The minimum Gasteiger partial charge on any atom is -0.314 e. The van der Waals surface area contributed by atoms with Crippen molar-refractivity contribution in [3.63, 3.8) is 0 Å². The molecule has 1 aromatic heterocycles. The summed E-state index contributed by atoms with van der Waals surface area (Å²) in [4.78, 5) is 1.11. The van der Waals surface area contributed by atoms with Crippen LogP contribution in [0.5, 0.6) is 0 Å². The van der Waals surface area contributed by atoms with E-state index in [4.69, 9.17) is 0 Å². The van der Waals surface area contributed by atoms with Crippen LogP contribution in [-0.4, -0.2) is 38.6 Å². The van der Waals surface area contributed by atoms with Crippen LogP contribution in [0, 0.1) is 0 Å². The molecular formula is C14H24N2O2S3. The minimum atomic E-state index is -3.34. The standard InChI is InChI=1S/C14H24N2O2S3/c1-11(2)15-8-5-13-3-4-14(20-13)21(17,18)16-12-6-9-19-10-7-12/h3-4,11-12,15-16H,5-10H2,1-2H3. The van der Waals surface area contributed by atoms with Crippen molar-refractivity contribution in [2.75, 3.05) is 18.1 Å². The first-order valence-corrected chi connectivity index (χ1v) is 10.8. The first kappa shape index (κ1) is 17.3. The maximum Gasteiger partial charge on any atom is 0.250 e. The average Bonchev–Trinajstić information content (AvgIpc) is 2.88. The molecule has 1 aliphatic rings. The van der Waals surface area contributed by atoms with Gasteiger partial charge in [-0.2, -0.15) is 11.8 Å². The number of hydrogen-bond acceptors (Lipinski definition) is 5. The highest BCUT2D eigenvalue weighted by Crippen LogP contribution is 2.24. The maximum atomic E-state index is 12.4. The van der Waals surface area contributed by atoms with Crippen LogP contribution in [0.2, 0.25) is 0 Å². The molecule has 7 heteroatoms. The van der Waals surface area contributed by atoms with E-state index in [1.54, 1.807) is 6.07 Å². The van der Waals surface area contributed by atoms with Gasteiger partial charge in [0.1, 0.15) is 4.21 Å². The predicted molar refractivity (Wildman–Crippen MR) is 91.8 cm³/mol. The molecule has 0 amide bonds. The van der Waals surface area contributed by atoms with Gasteiger partial charge in [-0.15, -0.1) is 11.3 Å². The lowest BCUT2D eigenvalue weighted by molar-refractivity contribution is 0.530. The third-order valence-corrected chi connectivity index (χ3v) is 7.58. The number of thioether (sulfide) groups is 1. The van der Waals surface area contributed by atoms with Gasteiger partial charge in [0, 0.05) is 23.5 Å². The van der Waals surface area contributed by atoms with Gasteiger partial charge < -0.3 is 5.32 Å².